The Morgan fingerprint density at radius 2 is 0.275 bits per heavy atom. The van der Waals surface area contributed by atoms with Gasteiger partial charge in [-0.25, -0.2) is 0 Å². The van der Waals surface area contributed by atoms with Crippen molar-refractivity contribution in [3.05, 3.63) is 558 Å². The van der Waals surface area contributed by atoms with E-state index < -0.39 is 16.1 Å². The maximum absolute atomic E-state index is 2.70. The summed E-state index contributed by atoms with van der Waals surface area (Å²) in [7, 11) is -5.33. The standard InChI is InChI=1S/2C66H46N2Si/c1-5-20-47(21-6-1)48-22-17-25-53(42-48)67-63-36-15-13-34-59(63)61-45-51(38-40-65(61)67)52-39-41-66-62(46-52)60-35-14-16-37-64(60)68(66)54-26-18-23-49(43-54)50-24-19-33-58(44-50)69(55-27-7-2-8-28-55,56-29-9-3-10-30-56)57-31-11-4-12-32-57;1-5-19-47(20-6-1)49-21-17-23-53(43-49)67-63-33-15-13-31-59(63)61-45-51(37-41-65(61)67)52-38-42-66-62(46-52)60-32-14-16-34-64(60)68(66)54-24-18-22-50(44-54)48-35-39-58(40-36-48)69(55-25-7-2-8-26-55,56-27-9-3-10-28-56)57-29-11-4-12-30-57/h2*1-46H. The van der Waals surface area contributed by atoms with E-state index in [4.69, 9.17) is 0 Å². The van der Waals surface area contributed by atoms with E-state index in [9.17, 15) is 0 Å². The summed E-state index contributed by atoms with van der Waals surface area (Å²) in [5.74, 6) is 0. The van der Waals surface area contributed by atoms with Crippen molar-refractivity contribution < 1.29 is 0 Å². The van der Waals surface area contributed by atoms with Crippen molar-refractivity contribution in [3.8, 4) is 89.5 Å². The number of fused-ring (bicyclic) bond motifs is 12. The normalized spacial score (nSPS) is 11.8. The summed E-state index contributed by atoms with van der Waals surface area (Å²) in [6.45, 7) is 0. The van der Waals surface area contributed by atoms with Crippen LogP contribution in [0.3, 0.4) is 0 Å². The summed E-state index contributed by atoms with van der Waals surface area (Å²) >= 11 is 0. The second-order valence-corrected chi connectivity index (χ2v) is 43.7. The number of nitrogens with zero attached hydrogens (tertiary/aromatic N) is 4. The Hall–Kier alpha value is -17.5. The summed E-state index contributed by atoms with van der Waals surface area (Å²) in [6, 6.07) is 206. The molecule has 0 saturated carbocycles. The number of rotatable bonds is 18. The Balaban J connectivity index is 0.000000146. The van der Waals surface area contributed by atoms with E-state index in [0.29, 0.717) is 0 Å². The summed E-state index contributed by atoms with van der Waals surface area (Å²) in [5, 5.41) is 20.9. The topological polar surface area (TPSA) is 19.7 Å². The van der Waals surface area contributed by atoms with Crippen LogP contribution in [0.4, 0.5) is 0 Å². The fraction of sp³-hybridized carbons (Fsp3) is 0. The first-order valence-electron chi connectivity index (χ1n) is 47.7. The van der Waals surface area contributed by atoms with E-state index in [1.165, 1.54) is 195 Å². The molecular formula is C132H92N4Si2. The highest BCUT2D eigenvalue weighted by Gasteiger charge is 2.43. The third kappa shape index (κ3) is 14.3. The molecule has 0 aliphatic heterocycles. The third-order valence-electron chi connectivity index (χ3n) is 28.5. The van der Waals surface area contributed by atoms with Gasteiger partial charge in [0.1, 0.15) is 0 Å². The second-order valence-electron chi connectivity index (χ2n) is 36.1. The zero-order valence-corrected chi connectivity index (χ0v) is 77.9. The molecule has 0 atom stereocenters. The summed E-state index contributed by atoms with van der Waals surface area (Å²) in [4.78, 5) is 0. The lowest BCUT2D eigenvalue weighted by molar-refractivity contribution is 1.18. The molecule has 0 radical (unpaired) electrons. The van der Waals surface area contributed by atoms with Gasteiger partial charge in [0.15, 0.2) is 16.1 Å². The van der Waals surface area contributed by atoms with Crippen molar-refractivity contribution in [2.24, 2.45) is 0 Å². The molecule has 22 aromatic carbocycles. The van der Waals surface area contributed by atoms with E-state index in [1.54, 1.807) is 0 Å². The van der Waals surface area contributed by atoms with E-state index in [0.717, 1.165) is 22.7 Å². The van der Waals surface area contributed by atoms with Gasteiger partial charge in [0.05, 0.1) is 44.1 Å². The highest BCUT2D eigenvalue weighted by atomic mass is 28.3. The highest BCUT2D eigenvalue weighted by molar-refractivity contribution is 7.20. The smallest absolute Gasteiger partial charge is 0.179 e. The van der Waals surface area contributed by atoms with Gasteiger partial charge in [-0.05, 0) is 230 Å². The lowest BCUT2D eigenvalue weighted by atomic mass is 10.0. The van der Waals surface area contributed by atoms with E-state index in [1.807, 2.05) is 0 Å². The number of hydrogen-bond acceptors (Lipinski definition) is 0. The molecule has 26 rings (SSSR count). The van der Waals surface area contributed by atoms with Crippen molar-refractivity contribution in [2.45, 2.75) is 0 Å². The predicted molar refractivity (Wildman–Crippen MR) is 590 cm³/mol. The highest BCUT2D eigenvalue weighted by Crippen LogP contribution is 2.44. The van der Waals surface area contributed by atoms with Crippen LogP contribution < -0.4 is 41.5 Å². The van der Waals surface area contributed by atoms with Crippen LogP contribution >= 0.6 is 0 Å². The van der Waals surface area contributed by atoms with Crippen molar-refractivity contribution in [3.63, 3.8) is 0 Å². The van der Waals surface area contributed by atoms with Crippen LogP contribution in [-0.4, -0.2) is 34.4 Å². The molecule has 0 bridgehead atoms. The molecule has 0 unspecified atom stereocenters. The fourth-order valence-electron chi connectivity index (χ4n) is 22.3. The predicted octanol–water partition coefficient (Wildman–Crippen LogP) is 28.5. The van der Waals surface area contributed by atoms with Gasteiger partial charge in [-0.15, -0.1) is 0 Å². The monoisotopic (exact) mass is 1790 g/mol. The molecule has 6 heteroatoms. The maximum Gasteiger partial charge on any atom is 0.179 e. The van der Waals surface area contributed by atoms with Gasteiger partial charge in [-0.1, -0.05) is 437 Å². The van der Waals surface area contributed by atoms with E-state index in [2.05, 4.69) is 576 Å². The van der Waals surface area contributed by atoms with Crippen LogP contribution in [-0.2, 0) is 0 Å². The molecule has 648 valence electrons. The molecule has 0 saturated heterocycles. The Bertz CT molecular complexity index is 8850. The SMILES string of the molecule is c1ccc(-c2cccc(-n3c4ccccc4c4cc(-c5ccc6c(c5)c5ccccc5n6-c5cccc(-c6ccc([Si](c7ccccc7)(c7ccccc7)c7ccccc7)cc6)c5)ccc43)c2)cc1.c1ccc(-c2cccc(-n3c4ccccc4c4cc(-c5ccc6c(c5)c5ccccc5n6-c5cccc(-c6cccc([Si](c7ccccc7)(c7ccccc7)c7ccccc7)c6)c5)ccc43)c2)cc1. The molecule has 4 heterocycles. The quantitative estimate of drug-likeness (QED) is 0.0603. The Labute approximate surface area is 804 Å². The Morgan fingerprint density at radius 1 is 0.101 bits per heavy atom. The minimum atomic E-state index is -2.70. The van der Waals surface area contributed by atoms with E-state index >= 15 is 0 Å². The third-order valence-corrected chi connectivity index (χ3v) is 38.1. The van der Waals surface area contributed by atoms with Crippen molar-refractivity contribution in [1.82, 2.24) is 18.3 Å². The first-order chi connectivity index (χ1) is 68.4. The van der Waals surface area contributed by atoms with Crippen molar-refractivity contribution >= 4 is 145 Å². The van der Waals surface area contributed by atoms with Gasteiger partial charge in [-0.2, -0.15) is 0 Å². The van der Waals surface area contributed by atoms with Crippen molar-refractivity contribution in [1.29, 1.82) is 0 Å². The number of aromatic nitrogens is 4. The van der Waals surface area contributed by atoms with E-state index in [-0.39, 0.29) is 0 Å². The molecule has 4 nitrogen and oxygen atoms in total. The van der Waals surface area contributed by atoms with Gasteiger partial charge in [0.25, 0.3) is 0 Å². The zero-order chi connectivity index (χ0) is 91.5. The van der Waals surface area contributed by atoms with Gasteiger partial charge < -0.3 is 18.3 Å². The molecule has 0 aliphatic rings. The molecular weight excluding hydrogens is 1700 g/mol. The largest absolute Gasteiger partial charge is 0.309 e. The zero-order valence-electron chi connectivity index (χ0n) is 75.9. The molecule has 138 heavy (non-hydrogen) atoms. The van der Waals surface area contributed by atoms with Crippen LogP contribution in [0.15, 0.2) is 558 Å². The Kier molecular flexibility index (Phi) is 21.0. The fourth-order valence-corrected chi connectivity index (χ4v) is 31.8. The second kappa shape index (κ2) is 35.1. The first-order valence-corrected chi connectivity index (χ1v) is 51.7. The lowest BCUT2D eigenvalue weighted by Crippen LogP contribution is -2.74. The average molecular weight is 1790 g/mol. The Morgan fingerprint density at radius 3 is 0.551 bits per heavy atom. The minimum absolute atomic E-state index is 1.14. The van der Waals surface area contributed by atoms with Gasteiger partial charge in [-0.3, -0.25) is 0 Å². The molecule has 0 amide bonds. The number of hydrogen-bond donors (Lipinski definition) is 0. The lowest BCUT2D eigenvalue weighted by Gasteiger charge is -2.34. The van der Waals surface area contributed by atoms with Crippen LogP contribution in [0, 0.1) is 0 Å². The summed E-state index contributed by atoms with van der Waals surface area (Å²) < 4.78 is 9.70. The molecule has 0 aliphatic carbocycles. The summed E-state index contributed by atoms with van der Waals surface area (Å²) in [6.07, 6.45) is 0. The van der Waals surface area contributed by atoms with Crippen LogP contribution in [0.1, 0.15) is 0 Å². The first kappa shape index (κ1) is 82.4. The average Bonchev–Trinajstić information content (AvgIpc) is 1.70. The van der Waals surface area contributed by atoms with Gasteiger partial charge in [0.2, 0.25) is 0 Å². The van der Waals surface area contributed by atoms with Gasteiger partial charge >= 0.3 is 0 Å². The van der Waals surface area contributed by atoms with Crippen LogP contribution in [0.25, 0.3) is 177 Å². The molecule has 0 fully saturated rings. The number of para-hydroxylation sites is 4. The van der Waals surface area contributed by atoms with Crippen LogP contribution in [0.5, 0.6) is 0 Å². The molecule has 0 spiro atoms. The van der Waals surface area contributed by atoms with Crippen LogP contribution in [0.2, 0.25) is 0 Å². The van der Waals surface area contributed by atoms with Gasteiger partial charge in [0, 0.05) is 65.8 Å². The molecule has 4 aromatic heterocycles. The minimum Gasteiger partial charge on any atom is -0.309 e. The molecule has 0 N–H and O–H groups in total. The maximum atomic E-state index is 2.46. The number of benzene rings is 22. The summed E-state index contributed by atoms with van der Waals surface area (Å²) in [5.41, 5.74) is 28.6. The van der Waals surface area contributed by atoms with Crippen molar-refractivity contribution in [2.75, 3.05) is 0 Å². The molecule has 26 aromatic rings.